The monoisotopic (exact) mass is 351 g/mol. The molecule has 0 saturated carbocycles. The number of carbonyl (C=O) groups excluding carboxylic acids is 1. The van der Waals surface area contributed by atoms with Gasteiger partial charge in [-0.2, -0.15) is 0 Å². The predicted octanol–water partition coefficient (Wildman–Crippen LogP) is 2.58. The third kappa shape index (κ3) is 2.15. The molecule has 6 heteroatoms. The van der Waals surface area contributed by atoms with Gasteiger partial charge in [0.25, 0.3) is 5.91 Å². The number of carbonyl (C=O) groups is 1. The number of benzene rings is 2. The van der Waals surface area contributed by atoms with Gasteiger partial charge in [-0.1, -0.05) is 24.3 Å². The Morgan fingerprint density at radius 1 is 1.23 bits per heavy atom. The number of halogens is 1. The normalized spacial score (nSPS) is 23.4. The lowest BCUT2D eigenvalue weighted by molar-refractivity contribution is 0.0930. The van der Waals surface area contributed by atoms with Crippen molar-refractivity contribution in [3.63, 3.8) is 0 Å². The molecule has 0 radical (unpaired) electrons. The summed E-state index contributed by atoms with van der Waals surface area (Å²) in [6.45, 7) is 0.975. The maximum atomic E-state index is 13.9. The molecule has 0 aromatic heterocycles. The highest BCUT2D eigenvalue weighted by Crippen LogP contribution is 2.40. The zero-order chi connectivity index (χ0) is 17.8. The number of hydrogen-bond donors (Lipinski definition) is 2. The van der Waals surface area contributed by atoms with Gasteiger partial charge in [0.2, 0.25) is 0 Å². The number of anilines is 1. The Bertz CT molecular complexity index is 956. The fourth-order valence-electron chi connectivity index (χ4n) is 4.09. The number of ether oxygens (including phenoxy) is 1. The van der Waals surface area contributed by atoms with Crippen LogP contribution in [0.25, 0.3) is 6.08 Å². The van der Waals surface area contributed by atoms with Gasteiger partial charge in [-0.05, 0) is 30.2 Å². The molecule has 0 spiro atoms. The second-order valence-corrected chi connectivity index (χ2v) is 6.87. The molecule has 132 valence electrons. The van der Waals surface area contributed by atoms with Crippen molar-refractivity contribution >= 4 is 17.7 Å². The van der Waals surface area contributed by atoms with Gasteiger partial charge < -0.3 is 20.7 Å². The zero-order valence-electron chi connectivity index (χ0n) is 14.0. The van der Waals surface area contributed by atoms with E-state index in [9.17, 15) is 9.18 Å². The van der Waals surface area contributed by atoms with Crippen molar-refractivity contribution in [3.05, 3.63) is 64.5 Å². The second kappa shape index (κ2) is 5.57. The Morgan fingerprint density at radius 2 is 2.08 bits per heavy atom. The van der Waals surface area contributed by atoms with Crippen molar-refractivity contribution in [2.45, 2.75) is 18.6 Å². The van der Waals surface area contributed by atoms with Crippen LogP contribution in [0.15, 0.2) is 42.0 Å². The van der Waals surface area contributed by atoms with E-state index in [1.165, 1.54) is 6.07 Å². The van der Waals surface area contributed by atoms with E-state index < -0.39 is 0 Å². The highest BCUT2D eigenvalue weighted by Gasteiger charge is 2.38. The smallest absolute Gasteiger partial charge is 0.255 e. The van der Waals surface area contributed by atoms with Crippen LogP contribution in [0.4, 0.5) is 10.1 Å². The molecule has 2 aromatic rings. The standard InChI is InChI=1S/C20H18FN3O2/c21-15-6-1-3-11-9-12(10-26-18(11)15)19-23-20(25)14-5-2-4-13-16(22)7-8-24(19)17(13)14/h1-6,9,16,19H,7-8,10,22H2,(H,23,25)/t16-,19+/m1/s1. The van der Waals surface area contributed by atoms with Crippen LogP contribution in [0.5, 0.6) is 5.75 Å². The number of hydrogen-bond acceptors (Lipinski definition) is 4. The van der Waals surface area contributed by atoms with Crippen molar-refractivity contribution < 1.29 is 13.9 Å². The van der Waals surface area contributed by atoms with Crippen LogP contribution in [-0.2, 0) is 0 Å². The Hall–Kier alpha value is -2.86. The first-order valence-electron chi connectivity index (χ1n) is 8.71. The first kappa shape index (κ1) is 15.4. The molecule has 5 rings (SSSR count). The van der Waals surface area contributed by atoms with Crippen LogP contribution in [0, 0.1) is 5.82 Å². The summed E-state index contributed by atoms with van der Waals surface area (Å²) in [6, 6.07) is 10.5. The minimum absolute atomic E-state index is 0.0702. The van der Waals surface area contributed by atoms with Gasteiger partial charge in [-0.3, -0.25) is 4.79 Å². The predicted molar refractivity (Wildman–Crippen MR) is 96.5 cm³/mol. The maximum Gasteiger partial charge on any atom is 0.255 e. The van der Waals surface area contributed by atoms with E-state index in [-0.39, 0.29) is 36.3 Å². The van der Waals surface area contributed by atoms with Gasteiger partial charge in [-0.15, -0.1) is 0 Å². The average Bonchev–Trinajstić information content (AvgIpc) is 2.66. The summed E-state index contributed by atoms with van der Waals surface area (Å²) >= 11 is 0. The summed E-state index contributed by atoms with van der Waals surface area (Å²) < 4.78 is 19.6. The average molecular weight is 351 g/mol. The Labute approximate surface area is 150 Å². The number of fused-ring (bicyclic) bond motifs is 1. The molecule has 1 amide bonds. The van der Waals surface area contributed by atoms with Crippen LogP contribution >= 0.6 is 0 Å². The van der Waals surface area contributed by atoms with Crippen LogP contribution in [0.2, 0.25) is 0 Å². The highest BCUT2D eigenvalue weighted by atomic mass is 19.1. The fourth-order valence-corrected chi connectivity index (χ4v) is 4.09. The first-order valence-corrected chi connectivity index (χ1v) is 8.71. The number of nitrogens with zero attached hydrogens (tertiary/aromatic N) is 1. The minimum atomic E-state index is -0.373. The van der Waals surface area contributed by atoms with Gasteiger partial charge >= 0.3 is 0 Å². The van der Waals surface area contributed by atoms with Gasteiger partial charge in [0, 0.05) is 23.7 Å². The second-order valence-electron chi connectivity index (χ2n) is 6.87. The van der Waals surface area contributed by atoms with Crippen molar-refractivity contribution in [2.75, 3.05) is 18.1 Å². The van der Waals surface area contributed by atoms with E-state index in [0.717, 1.165) is 29.8 Å². The zero-order valence-corrected chi connectivity index (χ0v) is 14.0. The van der Waals surface area contributed by atoms with Crippen LogP contribution in [0.3, 0.4) is 0 Å². The number of nitrogens with one attached hydrogen (secondary N) is 1. The van der Waals surface area contributed by atoms with E-state index in [4.69, 9.17) is 10.5 Å². The van der Waals surface area contributed by atoms with E-state index >= 15 is 0 Å². The molecule has 3 aliphatic heterocycles. The number of nitrogens with two attached hydrogens (primary N) is 1. The molecule has 3 N–H and O–H groups in total. The Morgan fingerprint density at radius 3 is 2.96 bits per heavy atom. The molecule has 0 bridgehead atoms. The summed E-state index contributed by atoms with van der Waals surface area (Å²) in [5.74, 6) is -0.231. The molecule has 0 unspecified atom stereocenters. The molecule has 0 saturated heterocycles. The van der Waals surface area contributed by atoms with Gasteiger partial charge in [0.15, 0.2) is 11.6 Å². The fraction of sp³-hybridized carbons (Fsp3) is 0.250. The van der Waals surface area contributed by atoms with Crippen LogP contribution in [0.1, 0.15) is 33.9 Å². The topological polar surface area (TPSA) is 67.6 Å². The largest absolute Gasteiger partial charge is 0.485 e. The highest BCUT2D eigenvalue weighted by molar-refractivity contribution is 6.03. The lowest BCUT2D eigenvalue weighted by Gasteiger charge is -2.45. The molecular weight excluding hydrogens is 333 g/mol. The number of amides is 1. The molecule has 0 aliphatic carbocycles. The summed E-state index contributed by atoms with van der Waals surface area (Å²) in [4.78, 5) is 14.9. The summed E-state index contributed by atoms with van der Waals surface area (Å²) in [5, 5.41) is 3.07. The molecule has 3 aliphatic rings. The number of rotatable bonds is 1. The third-order valence-electron chi connectivity index (χ3n) is 5.33. The molecule has 2 aromatic carbocycles. The quantitative estimate of drug-likeness (QED) is 0.829. The maximum absolute atomic E-state index is 13.9. The summed E-state index contributed by atoms with van der Waals surface area (Å²) in [5.41, 5.74) is 10.4. The van der Waals surface area contributed by atoms with E-state index in [0.29, 0.717) is 11.1 Å². The summed E-state index contributed by atoms with van der Waals surface area (Å²) in [6.07, 6.45) is 2.40. The van der Waals surface area contributed by atoms with E-state index in [2.05, 4.69) is 10.2 Å². The van der Waals surface area contributed by atoms with Gasteiger partial charge in [0.05, 0.1) is 11.3 Å². The van der Waals surface area contributed by atoms with Crippen molar-refractivity contribution in [1.82, 2.24) is 5.32 Å². The number of para-hydroxylation sites is 2. The Balaban J connectivity index is 1.60. The molecule has 2 atom stereocenters. The molecule has 5 nitrogen and oxygen atoms in total. The molecular formula is C20H18FN3O2. The van der Waals surface area contributed by atoms with Crippen LogP contribution in [-0.4, -0.2) is 25.2 Å². The van der Waals surface area contributed by atoms with Crippen LogP contribution < -0.4 is 20.7 Å². The first-order chi connectivity index (χ1) is 12.6. The van der Waals surface area contributed by atoms with Crippen molar-refractivity contribution in [2.24, 2.45) is 5.73 Å². The van der Waals surface area contributed by atoms with Gasteiger partial charge in [-0.25, -0.2) is 4.39 Å². The van der Waals surface area contributed by atoms with E-state index in [1.807, 2.05) is 30.3 Å². The lowest BCUT2D eigenvalue weighted by atomic mass is 9.90. The SMILES string of the molecule is N[C@@H]1CCN2c3c(cccc31)C(=O)N[C@@H]2C1=Cc2cccc(F)c2OC1. The molecule has 26 heavy (non-hydrogen) atoms. The van der Waals surface area contributed by atoms with Crippen molar-refractivity contribution in [1.29, 1.82) is 0 Å². The van der Waals surface area contributed by atoms with Crippen molar-refractivity contribution in [3.8, 4) is 5.75 Å². The van der Waals surface area contributed by atoms with Gasteiger partial charge in [0.1, 0.15) is 12.8 Å². The Kier molecular flexibility index (Phi) is 3.30. The minimum Gasteiger partial charge on any atom is -0.485 e. The molecule has 3 heterocycles. The lowest BCUT2D eigenvalue weighted by Crippen LogP contribution is -2.57. The third-order valence-corrected chi connectivity index (χ3v) is 5.33. The summed E-state index contributed by atoms with van der Waals surface area (Å²) in [7, 11) is 0. The van der Waals surface area contributed by atoms with E-state index in [1.54, 1.807) is 6.07 Å². The molecule has 0 fully saturated rings.